The molecular weight excluding hydrogens is 350 g/mol. The standard InChI is InChI=1S/C14H10Cl2O2Se/c15-11-1-3-13-9(5-11)7-17-19(13)14-4-2-12(16)6-10(14)8-18-19/h1-6H,7-8H2. The van der Waals surface area contributed by atoms with E-state index in [0.717, 1.165) is 21.2 Å². The van der Waals surface area contributed by atoms with Gasteiger partial charge in [0.15, 0.2) is 0 Å². The predicted octanol–water partition coefficient (Wildman–Crippen LogP) is 2.61. The molecule has 0 amide bonds. The third-order valence-electron chi connectivity index (χ3n) is 3.38. The summed E-state index contributed by atoms with van der Waals surface area (Å²) < 4.78 is 14.6. The van der Waals surface area contributed by atoms with Crippen LogP contribution in [0.15, 0.2) is 36.4 Å². The van der Waals surface area contributed by atoms with Crippen molar-refractivity contribution < 1.29 is 7.64 Å². The summed E-state index contributed by atoms with van der Waals surface area (Å²) in [5.74, 6) is 0. The first-order valence-corrected chi connectivity index (χ1v) is 9.75. The summed E-state index contributed by atoms with van der Waals surface area (Å²) >= 11 is 9.40. The number of hydrogen-bond donors (Lipinski definition) is 0. The van der Waals surface area contributed by atoms with Crippen molar-refractivity contribution >= 4 is 45.6 Å². The summed E-state index contributed by atoms with van der Waals surface area (Å²) in [6, 6.07) is 11.9. The molecular formula is C14H10Cl2O2Se. The zero-order valence-corrected chi connectivity index (χ0v) is 13.1. The van der Waals surface area contributed by atoms with Crippen LogP contribution in [0.1, 0.15) is 11.1 Å². The third-order valence-corrected chi connectivity index (χ3v) is 9.84. The zero-order valence-electron chi connectivity index (χ0n) is 9.86. The molecule has 2 aromatic carbocycles. The summed E-state index contributed by atoms with van der Waals surface area (Å²) in [5.41, 5.74) is 2.30. The van der Waals surface area contributed by atoms with E-state index in [4.69, 9.17) is 30.8 Å². The first kappa shape index (κ1) is 12.2. The molecule has 98 valence electrons. The van der Waals surface area contributed by atoms with Crippen LogP contribution in [0.4, 0.5) is 0 Å². The van der Waals surface area contributed by atoms with Gasteiger partial charge in [-0.3, -0.25) is 0 Å². The Hall–Kier alpha value is -0.541. The van der Waals surface area contributed by atoms with Crippen molar-refractivity contribution in [2.45, 2.75) is 13.2 Å². The van der Waals surface area contributed by atoms with Crippen LogP contribution < -0.4 is 8.92 Å². The van der Waals surface area contributed by atoms with E-state index in [0.29, 0.717) is 13.2 Å². The molecule has 0 aromatic heterocycles. The molecule has 2 aliphatic rings. The number of halogens is 2. The Balaban J connectivity index is 1.92. The van der Waals surface area contributed by atoms with Gasteiger partial charge in [-0.25, -0.2) is 0 Å². The molecule has 0 saturated heterocycles. The van der Waals surface area contributed by atoms with Crippen LogP contribution in [0.25, 0.3) is 0 Å². The van der Waals surface area contributed by atoms with E-state index in [2.05, 4.69) is 0 Å². The molecule has 4 rings (SSSR count). The first-order valence-electron chi connectivity index (χ1n) is 5.88. The fraction of sp³-hybridized carbons (Fsp3) is 0.143. The molecule has 19 heavy (non-hydrogen) atoms. The summed E-state index contributed by atoms with van der Waals surface area (Å²) in [5, 5.41) is 1.48. The average molecular weight is 360 g/mol. The van der Waals surface area contributed by atoms with Crippen molar-refractivity contribution in [2.75, 3.05) is 0 Å². The van der Waals surface area contributed by atoms with Crippen LogP contribution in [0.5, 0.6) is 0 Å². The Morgan fingerprint density at radius 3 is 1.74 bits per heavy atom. The van der Waals surface area contributed by atoms with Crippen LogP contribution in [0.3, 0.4) is 0 Å². The van der Waals surface area contributed by atoms with Gasteiger partial charge in [0, 0.05) is 0 Å². The Bertz CT molecular complexity index is 628. The molecule has 2 heterocycles. The summed E-state index contributed by atoms with van der Waals surface area (Å²) in [6.45, 7) is 1.16. The summed E-state index contributed by atoms with van der Waals surface area (Å²) in [4.78, 5) is 0. The van der Waals surface area contributed by atoms with Crippen molar-refractivity contribution in [3.8, 4) is 0 Å². The zero-order chi connectivity index (χ0) is 13.0. The van der Waals surface area contributed by atoms with Gasteiger partial charge < -0.3 is 0 Å². The first-order chi connectivity index (χ1) is 9.19. The van der Waals surface area contributed by atoms with Crippen LogP contribution >= 0.6 is 23.2 Å². The molecule has 2 nitrogen and oxygen atoms in total. The van der Waals surface area contributed by atoms with Gasteiger partial charge in [-0.05, 0) is 0 Å². The SMILES string of the molecule is Clc1ccc2c(c1)CO[Se]21OCc2cc(Cl)ccc21. The molecule has 0 atom stereocenters. The van der Waals surface area contributed by atoms with E-state index in [1.54, 1.807) is 0 Å². The number of hydrogen-bond acceptors (Lipinski definition) is 2. The van der Waals surface area contributed by atoms with Gasteiger partial charge in [-0.15, -0.1) is 0 Å². The maximum absolute atomic E-state index is 6.13. The van der Waals surface area contributed by atoms with Crippen LogP contribution in [0, 0.1) is 0 Å². The van der Waals surface area contributed by atoms with Gasteiger partial charge in [0.2, 0.25) is 0 Å². The van der Waals surface area contributed by atoms with E-state index in [9.17, 15) is 0 Å². The Kier molecular flexibility index (Phi) is 2.72. The molecule has 0 radical (unpaired) electrons. The second kappa shape index (κ2) is 4.22. The molecule has 0 aliphatic carbocycles. The topological polar surface area (TPSA) is 18.5 Å². The Labute approximate surface area is 124 Å². The quantitative estimate of drug-likeness (QED) is 0.673. The van der Waals surface area contributed by atoms with Crippen LogP contribution in [0.2, 0.25) is 10.0 Å². The molecule has 0 bridgehead atoms. The van der Waals surface area contributed by atoms with Gasteiger partial charge in [0.1, 0.15) is 0 Å². The van der Waals surface area contributed by atoms with Gasteiger partial charge in [-0.2, -0.15) is 0 Å². The number of benzene rings is 2. The molecule has 2 aromatic rings. The molecule has 0 unspecified atom stereocenters. The second-order valence-corrected chi connectivity index (χ2v) is 10.4. The monoisotopic (exact) mass is 360 g/mol. The molecule has 0 N–H and O–H groups in total. The second-order valence-electron chi connectivity index (χ2n) is 4.53. The summed E-state index contributed by atoms with van der Waals surface area (Å²) in [6.07, 6.45) is 0. The summed E-state index contributed by atoms with van der Waals surface area (Å²) in [7, 11) is 0. The fourth-order valence-corrected chi connectivity index (χ4v) is 8.85. The van der Waals surface area contributed by atoms with E-state index in [1.165, 1.54) is 8.92 Å². The van der Waals surface area contributed by atoms with Crippen LogP contribution in [-0.2, 0) is 20.9 Å². The van der Waals surface area contributed by atoms with Crippen molar-refractivity contribution in [1.29, 1.82) is 0 Å². The van der Waals surface area contributed by atoms with Crippen LogP contribution in [-0.4, -0.2) is 13.5 Å². The predicted molar refractivity (Wildman–Crippen MR) is 77.5 cm³/mol. The Morgan fingerprint density at radius 2 is 1.26 bits per heavy atom. The normalized spacial score (nSPS) is 20.3. The minimum absolute atomic E-state index is 0.581. The minimum atomic E-state index is -2.69. The average Bonchev–Trinajstić information content (AvgIpc) is 2.93. The molecule has 5 heteroatoms. The molecule has 2 aliphatic heterocycles. The van der Waals surface area contributed by atoms with Crippen molar-refractivity contribution in [2.24, 2.45) is 0 Å². The van der Waals surface area contributed by atoms with E-state index >= 15 is 0 Å². The number of fused-ring (bicyclic) bond motifs is 4. The van der Waals surface area contributed by atoms with Crippen molar-refractivity contribution in [3.05, 3.63) is 57.6 Å². The van der Waals surface area contributed by atoms with Crippen molar-refractivity contribution in [1.82, 2.24) is 0 Å². The molecule has 1 spiro atoms. The van der Waals surface area contributed by atoms with E-state index in [1.807, 2.05) is 36.4 Å². The third kappa shape index (κ3) is 1.71. The van der Waals surface area contributed by atoms with Gasteiger partial charge in [-0.1, -0.05) is 0 Å². The fourth-order valence-electron chi connectivity index (χ4n) is 2.55. The van der Waals surface area contributed by atoms with E-state index < -0.39 is 13.5 Å². The number of rotatable bonds is 0. The Morgan fingerprint density at radius 1 is 0.789 bits per heavy atom. The van der Waals surface area contributed by atoms with Gasteiger partial charge in [0.05, 0.1) is 0 Å². The van der Waals surface area contributed by atoms with Gasteiger partial charge >= 0.3 is 124 Å². The molecule has 0 saturated carbocycles. The van der Waals surface area contributed by atoms with E-state index in [-0.39, 0.29) is 0 Å². The van der Waals surface area contributed by atoms with Gasteiger partial charge in [0.25, 0.3) is 0 Å². The molecule has 0 fully saturated rings. The maximum atomic E-state index is 6.13. The van der Waals surface area contributed by atoms with Crippen molar-refractivity contribution in [3.63, 3.8) is 0 Å².